The van der Waals surface area contributed by atoms with Crippen molar-refractivity contribution in [1.29, 1.82) is 0 Å². The highest BCUT2D eigenvalue weighted by molar-refractivity contribution is 4.46. The van der Waals surface area contributed by atoms with E-state index in [-0.39, 0.29) is 0 Å². The largest absolute Gasteiger partial charge is 0.381 e. The van der Waals surface area contributed by atoms with E-state index in [9.17, 15) is 0 Å². The molecular formula is C27H58O2. The fraction of sp³-hybridized carbons (Fsp3) is 1.00. The van der Waals surface area contributed by atoms with Crippen molar-refractivity contribution < 1.29 is 9.47 Å². The van der Waals surface area contributed by atoms with Crippen LogP contribution in [0.15, 0.2) is 0 Å². The van der Waals surface area contributed by atoms with Crippen molar-refractivity contribution in [1.82, 2.24) is 0 Å². The molecule has 0 N–H and O–H groups in total. The Hall–Kier alpha value is -0.0800. The van der Waals surface area contributed by atoms with Gasteiger partial charge >= 0.3 is 0 Å². The molecule has 0 aliphatic carbocycles. The van der Waals surface area contributed by atoms with Gasteiger partial charge in [0.05, 0.1) is 0 Å². The second kappa shape index (κ2) is 32.6. The van der Waals surface area contributed by atoms with Crippen molar-refractivity contribution in [2.45, 2.75) is 150 Å². The Balaban J connectivity index is 0. The van der Waals surface area contributed by atoms with Gasteiger partial charge in [0.2, 0.25) is 0 Å². The van der Waals surface area contributed by atoms with Gasteiger partial charge in [-0.25, -0.2) is 0 Å². The molecule has 2 heteroatoms. The molecule has 0 radical (unpaired) electrons. The molecule has 0 saturated heterocycles. The first-order valence-corrected chi connectivity index (χ1v) is 13.5. The molecule has 0 unspecified atom stereocenters. The quantitative estimate of drug-likeness (QED) is 0.155. The summed E-state index contributed by atoms with van der Waals surface area (Å²) in [6.07, 6.45) is 25.6. The monoisotopic (exact) mass is 414 g/mol. The third kappa shape index (κ3) is 35.7. The smallest absolute Gasteiger partial charge is 0.0466 e. The SMILES string of the molecule is CCCCCCCCOCCC.CCCCCCCCOCCCCCCCC. The zero-order chi connectivity index (χ0) is 21.7. The van der Waals surface area contributed by atoms with Gasteiger partial charge in [0.1, 0.15) is 0 Å². The highest BCUT2D eigenvalue weighted by Crippen LogP contribution is 2.07. The van der Waals surface area contributed by atoms with Crippen LogP contribution in [0.25, 0.3) is 0 Å². The molecule has 29 heavy (non-hydrogen) atoms. The van der Waals surface area contributed by atoms with Crippen molar-refractivity contribution >= 4 is 0 Å². The molecule has 0 rings (SSSR count). The predicted octanol–water partition coefficient (Wildman–Crippen LogP) is 9.50. The van der Waals surface area contributed by atoms with Crippen molar-refractivity contribution in [3.8, 4) is 0 Å². The minimum absolute atomic E-state index is 0.939. The lowest BCUT2D eigenvalue weighted by Crippen LogP contribution is -1.97. The summed E-state index contributed by atoms with van der Waals surface area (Å²) in [4.78, 5) is 0. The summed E-state index contributed by atoms with van der Waals surface area (Å²) in [5.41, 5.74) is 0. The van der Waals surface area contributed by atoms with Crippen LogP contribution < -0.4 is 0 Å². The highest BCUT2D eigenvalue weighted by Gasteiger charge is 1.93. The average molecular weight is 415 g/mol. The van der Waals surface area contributed by atoms with E-state index < -0.39 is 0 Å². The number of hydrogen-bond donors (Lipinski definition) is 0. The first-order valence-electron chi connectivity index (χ1n) is 13.5. The molecule has 0 aromatic heterocycles. The molecule has 0 spiro atoms. The standard InChI is InChI=1S/C16H34O.C11H24O/c1-3-5-7-9-11-13-15-17-16-14-12-10-8-6-4-2;1-3-5-6-7-8-9-11-12-10-4-2/h3-16H2,1-2H3;3-11H2,1-2H3. The van der Waals surface area contributed by atoms with Gasteiger partial charge in [-0.05, 0) is 25.7 Å². The molecule has 0 fully saturated rings. The molecule has 0 aromatic carbocycles. The molecule has 0 aromatic rings. The lowest BCUT2D eigenvalue weighted by atomic mass is 10.1. The summed E-state index contributed by atoms with van der Waals surface area (Å²) in [7, 11) is 0. The molecule has 0 heterocycles. The van der Waals surface area contributed by atoms with Crippen LogP contribution in [-0.4, -0.2) is 26.4 Å². The van der Waals surface area contributed by atoms with E-state index in [4.69, 9.17) is 9.47 Å². The van der Waals surface area contributed by atoms with Crippen molar-refractivity contribution in [2.75, 3.05) is 26.4 Å². The molecule has 0 saturated carbocycles. The molecule has 178 valence electrons. The van der Waals surface area contributed by atoms with Crippen LogP contribution >= 0.6 is 0 Å². The van der Waals surface area contributed by atoms with Crippen LogP contribution in [-0.2, 0) is 9.47 Å². The minimum Gasteiger partial charge on any atom is -0.381 e. The van der Waals surface area contributed by atoms with Crippen LogP contribution in [0.3, 0.4) is 0 Å². The van der Waals surface area contributed by atoms with Crippen LogP contribution in [0.5, 0.6) is 0 Å². The van der Waals surface area contributed by atoms with E-state index in [0.29, 0.717) is 0 Å². The molecule has 0 aliphatic rings. The summed E-state index contributed by atoms with van der Waals surface area (Å²) in [5, 5.41) is 0. The first-order chi connectivity index (χ1) is 14.3. The van der Waals surface area contributed by atoms with Gasteiger partial charge in [-0.3, -0.25) is 0 Å². The van der Waals surface area contributed by atoms with Gasteiger partial charge in [-0.2, -0.15) is 0 Å². The molecular weight excluding hydrogens is 356 g/mol. The summed E-state index contributed by atoms with van der Waals surface area (Å²) >= 11 is 0. The van der Waals surface area contributed by atoms with E-state index in [1.54, 1.807) is 0 Å². The molecule has 2 nitrogen and oxygen atoms in total. The normalized spacial score (nSPS) is 10.8. The molecule has 0 bridgehead atoms. The highest BCUT2D eigenvalue weighted by atomic mass is 16.5. The van der Waals surface area contributed by atoms with E-state index in [2.05, 4.69) is 27.7 Å². The fourth-order valence-electron chi connectivity index (χ4n) is 3.30. The van der Waals surface area contributed by atoms with Gasteiger partial charge in [-0.15, -0.1) is 0 Å². The molecule has 0 atom stereocenters. The van der Waals surface area contributed by atoms with Gasteiger partial charge in [-0.1, -0.05) is 124 Å². The fourth-order valence-corrected chi connectivity index (χ4v) is 3.30. The summed E-state index contributed by atoms with van der Waals surface area (Å²) in [5.74, 6) is 0. The van der Waals surface area contributed by atoms with Crippen molar-refractivity contribution in [3.05, 3.63) is 0 Å². The molecule has 0 aliphatic heterocycles. The Kier molecular flexibility index (Phi) is 35.0. The Morgan fingerprint density at radius 3 is 0.862 bits per heavy atom. The zero-order valence-corrected chi connectivity index (χ0v) is 21.1. The Labute approximate surface area is 185 Å². The topological polar surface area (TPSA) is 18.5 Å². The molecule has 0 amide bonds. The third-order valence-electron chi connectivity index (χ3n) is 5.28. The van der Waals surface area contributed by atoms with Gasteiger partial charge in [0, 0.05) is 26.4 Å². The van der Waals surface area contributed by atoms with E-state index >= 15 is 0 Å². The summed E-state index contributed by atoms with van der Waals surface area (Å²) < 4.78 is 11.0. The lowest BCUT2D eigenvalue weighted by Gasteiger charge is -2.04. The summed E-state index contributed by atoms with van der Waals surface area (Å²) in [6, 6.07) is 0. The second-order valence-electron chi connectivity index (χ2n) is 8.53. The Morgan fingerprint density at radius 2 is 0.552 bits per heavy atom. The van der Waals surface area contributed by atoms with Gasteiger partial charge < -0.3 is 9.47 Å². The van der Waals surface area contributed by atoms with Crippen LogP contribution in [0, 0.1) is 0 Å². The van der Waals surface area contributed by atoms with Crippen LogP contribution in [0.2, 0.25) is 0 Å². The van der Waals surface area contributed by atoms with Gasteiger partial charge in [0.25, 0.3) is 0 Å². The zero-order valence-electron chi connectivity index (χ0n) is 21.1. The van der Waals surface area contributed by atoms with Crippen molar-refractivity contribution in [3.63, 3.8) is 0 Å². The van der Waals surface area contributed by atoms with E-state index in [0.717, 1.165) is 32.8 Å². The van der Waals surface area contributed by atoms with E-state index in [1.165, 1.54) is 116 Å². The summed E-state index contributed by atoms with van der Waals surface area (Å²) in [6.45, 7) is 12.8. The number of hydrogen-bond acceptors (Lipinski definition) is 2. The maximum absolute atomic E-state index is 5.65. The number of rotatable bonds is 23. The number of unbranched alkanes of at least 4 members (excludes halogenated alkanes) is 15. The van der Waals surface area contributed by atoms with E-state index in [1.807, 2.05) is 0 Å². The lowest BCUT2D eigenvalue weighted by molar-refractivity contribution is 0.125. The number of ether oxygens (including phenoxy) is 2. The Morgan fingerprint density at radius 1 is 0.276 bits per heavy atom. The van der Waals surface area contributed by atoms with Crippen LogP contribution in [0.1, 0.15) is 150 Å². The maximum atomic E-state index is 5.65. The second-order valence-corrected chi connectivity index (χ2v) is 8.53. The first kappa shape index (κ1) is 31.1. The van der Waals surface area contributed by atoms with Gasteiger partial charge in [0.15, 0.2) is 0 Å². The average Bonchev–Trinajstić information content (AvgIpc) is 2.74. The van der Waals surface area contributed by atoms with Crippen LogP contribution in [0.4, 0.5) is 0 Å². The third-order valence-corrected chi connectivity index (χ3v) is 5.28. The maximum Gasteiger partial charge on any atom is 0.0466 e. The van der Waals surface area contributed by atoms with Crippen molar-refractivity contribution in [2.24, 2.45) is 0 Å². The minimum atomic E-state index is 0.939. The Bertz CT molecular complexity index is 219. The predicted molar refractivity (Wildman–Crippen MR) is 132 cm³/mol.